The molecule has 3 aromatic carbocycles. The van der Waals surface area contributed by atoms with Crippen LogP contribution in [0.1, 0.15) is 228 Å². The Bertz CT molecular complexity index is 4610. The second kappa shape index (κ2) is 51.2. The summed E-state index contributed by atoms with van der Waals surface area (Å²) in [4.78, 5) is 81.8. The maximum atomic E-state index is 12.2. The summed E-state index contributed by atoms with van der Waals surface area (Å²) in [6, 6.07) is 33.4. The second-order valence-electron chi connectivity index (χ2n) is 34.9. The number of halogens is 3. The fraction of sp³-hybridized carbons (Fsp3) is 0.571. The summed E-state index contributed by atoms with van der Waals surface area (Å²) in [7, 11) is 0. The summed E-state index contributed by atoms with van der Waals surface area (Å²) in [5, 5.41) is 35.7. The number of hydrazine groups is 1. The van der Waals surface area contributed by atoms with E-state index in [2.05, 4.69) is 152 Å². The third-order valence-electron chi connectivity index (χ3n) is 22.6. The molecule has 5 aliphatic heterocycles. The van der Waals surface area contributed by atoms with Crippen molar-refractivity contribution in [2.24, 2.45) is 5.84 Å². The number of rotatable bonds is 22. The SMILES string of the molecule is CC(C)(C)OC(=O)N1CCC(C)(n2cc(CO)c(Cl)n2)CC1.CC1(NN)CCN(Cc2ccccc2)CC1.CCO/C=C(\C#N)C(=O)OCC.CCOC(=O)c1cn(C2(C)CCN(C(=O)OC(C)(C)C)CC2)nc1Cl.CCOC(=O)c1cn(C2(C)CCN(Cc3ccccc3)CC2)nc1Cl.CCOC(=O)c1cn(C2(C)CCN(Cc3ccccc3)CC2)nc1N.[O]=[Mn]=[O]. The quantitative estimate of drug-likeness (QED) is 0.00715. The molecule has 0 spiro atoms. The molecule has 128 heavy (non-hydrogen) atoms. The summed E-state index contributed by atoms with van der Waals surface area (Å²) in [5.74, 6) is 3.87. The molecule has 37 heteroatoms. The van der Waals surface area contributed by atoms with E-state index in [0.717, 1.165) is 117 Å². The molecular formula is C91H132Cl3MnN17O16. The molecule has 5 fully saturated rings. The number of amides is 2. The van der Waals surface area contributed by atoms with Crippen LogP contribution in [0.2, 0.25) is 15.5 Å². The van der Waals surface area contributed by atoms with E-state index in [1.165, 1.54) is 16.7 Å². The van der Waals surface area contributed by atoms with E-state index in [1.54, 1.807) is 80.0 Å². The average Bonchev–Trinajstić information content (AvgIpc) is 1.66. The van der Waals surface area contributed by atoms with Crippen LogP contribution >= 0.6 is 34.8 Å². The van der Waals surface area contributed by atoms with Crippen molar-refractivity contribution in [3.8, 4) is 6.07 Å². The first-order valence-electron chi connectivity index (χ1n) is 43.4. The molecule has 0 saturated carbocycles. The Kier molecular flexibility index (Phi) is 42.9. The second-order valence-corrected chi connectivity index (χ2v) is 36.2. The van der Waals surface area contributed by atoms with E-state index in [0.29, 0.717) is 80.7 Å². The number of nitrogens with two attached hydrogens (primary N) is 2. The Morgan fingerprint density at radius 2 is 0.781 bits per heavy atom. The van der Waals surface area contributed by atoms with Crippen LogP contribution in [0.25, 0.3) is 0 Å². The third-order valence-corrected chi connectivity index (χ3v) is 23.5. The molecule has 7 aromatic rings. The van der Waals surface area contributed by atoms with Crippen LogP contribution in [0.5, 0.6) is 0 Å². The van der Waals surface area contributed by atoms with Crippen LogP contribution in [0.4, 0.5) is 15.4 Å². The molecule has 6 N–H and O–H groups in total. The number of nitrogen functional groups attached to an aromatic ring is 1. The van der Waals surface area contributed by atoms with Crippen LogP contribution in [0.15, 0.2) is 128 Å². The molecule has 0 atom stereocenters. The van der Waals surface area contributed by atoms with Gasteiger partial charge in [0.2, 0.25) is 0 Å². The predicted octanol–water partition coefficient (Wildman–Crippen LogP) is 14.9. The molecule has 5 aliphatic rings. The number of anilines is 1. The van der Waals surface area contributed by atoms with E-state index in [1.807, 2.05) is 74.6 Å². The molecule has 0 radical (unpaired) electrons. The first kappa shape index (κ1) is 107. The number of esters is 4. The van der Waals surface area contributed by atoms with Gasteiger partial charge in [-0.1, -0.05) is 126 Å². The Morgan fingerprint density at radius 3 is 1.09 bits per heavy atom. The summed E-state index contributed by atoms with van der Waals surface area (Å²) < 4.78 is 59.3. The number of nitrogens with zero attached hydrogens (tertiary/aromatic N) is 14. The molecule has 4 aromatic heterocycles. The zero-order chi connectivity index (χ0) is 94.6. The summed E-state index contributed by atoms with van der Waals surface area (Å²) in [6.45, 7) is 43.5. The van der Waals surface area contributed by atoms with E-state index >= 15 is 0 Å². The standard InChI is InChI=1S/C19H24ClN3O2.C19H26N4O2.C17H26ClN3O4.C15H24ClN3O3.C13H21N3.C8H11NO3.Mn.2O/c2*1-3-25-18(24)16-14-23(21-17(16)20)19(2)9-11-22(12-10-19)13-15-7-5-4-6-8-15;1-6-24-14(22)12-11-21(19-13(12)18)17(5)7-9-20(10-8-17)15(23)25-16(2,3)4;1-14(2,3)22-13(21)18-7-5-15(4,6-8-18)19-9-11(10-20)12(16)17-19;1-13(15-14)7-9-16(10-8-13)11-12-5-3-2-4-6-12;1-3-11-6-7(5-9)8(10)12-4-2;;;/h4-8,14H,3,9-13H2,1-2H3;4-8,14H,3,9-13H2,1-2H3,(H2,20,21);11H,6-10H2,1-5H3;9,20H,5-8,10H2,1-4H3;2-6,15H,7-11,14H2,1H3;6H,3-4H2,1-2H3;;;/b;;;;;7-6+;;;. The zero-order valence-electron chi connectivity index (χ0n) is 77.1. The molecule has 9 heterocycles. The van der Waals surface area contributed by atoms with E-state index in [9.17, 15) is 33.9 Å². The van der Waals surface area contributed by atoms with Crippen LogP contribution in [-0.4, -0.2) is 220 Å². The molecule has 5 saturated heterocycles. The van der Waals surface area contributed by atoms with Crippen molar-refractivity contribution < 1.29 is 89.5 Å². The summed E-state index contributed by atoms with van der Waals surface area (Å²) in [5.41, 5.74) is 12.7. The van der Waals surface area contributed by atoms with E-state index < -0.39 is 49.9 Å². The van der Waals surface area contributed by atoms with Crippen molar-refractivity contribution in [2.45, 2.75) is 240 Å². The van der Waals surface area contributed by atoms with Gasteiger partial charge in [0.1, 0.15) is 40.2 Å². The van der Waals surface area contributed by atoms with Gasteiger partial charge in [-0.3, -0.25) is 44.7 Å². The number of piperidine rings is 5. The van der Waals surface area contributed by atoms with Gasteiger partial charge in [-0.05, 0) is 192 Å². The van der Waals surface area contributed by atoms with Crippen molar-refractivity contribution in [3.05, 3.63) is 182 Å². The first-order valence-corrected chi connectivity index (χ1v) is 45.5. The monoisotopic (exact) mass is 1880 g/mol. The number of carbonyl (C=O) groups excluding carboxylic acids is 6. The fourth-order valence-corrected chi connectivity index (χ4v) is 15.0. The average molecular weight is 1880 g/mol. The molecule has 0 bridgehead atoms. The molecule has 12 rings (SSSR count). The van der Waals surface area contributed by atoms with Crippen molar-refractivity contribution in [2.75, 3.05) is 104 Å². The molecule has 0 aliphatic carbocycles. The number of aliphatic hydroxyl groups excluding tert-OH is 1. The van der Waals surface area contributed by atoms with Gasteiger partial charge in [-0.2, -0.15) is 25.7 Å². The van der Waals surface area contributed by atoms with Crippen molar-refractivity contribution in [1.82, 2.24) is 69.0 Å². The normalized spacial score (nSPS) is 17.0. The molecule has 2 amide bonds. The number of ether oxygens (including phenoxy) is 7. The molecular weight excluding hydrogens is 1750 g/mol. The number of likely N-dealkylation sites (tertiary alicyclic amines) is 5. The zero-order valence-corrected chi connectivity index (χ0v) is 80.5. The van der Waals surface area contributed by atoms with Gasteiger partial charge in [-0.25, -0.2) is 28.8 Å². The first-order chi connectivity index (χ1) is 60.6. The van der Waals surface area contributed by atoms with Crippen LogP contribution in [0.3, 0.4) is 0 Å². The third kappa shape index (κ3) is 33.5. The number of nitrogens with one attached hydrogen (secondary N) is 1. The topological polar surface area (TPSA) is 397 Å². The van der Waals surface area contributed by atoms with E-state index in [4.69, 9.17) is 87.7 Å². The number of hydrogen-bond donors (Lipinski definition) is 4. The molecule has 33 nitrogen and oxygen atoms in total. The van der Waals surface area contributed by atoms with Gasteiger partial charge < -0.3 is 53.8 Å². The Balaban J connectivity index is 0.000000239. The minimum atomic E-state index is -1.44. The summed E-state index contributed by atoms with van der Waals surface area (Å²) in [6.07, 6.45) is 16.4. The van der Waals surface area contributed by atoms with Gasteiger partial charge in [0.05, 0.1) is 61.8 Å². The maximum absolute atomic E-state index is 12.2. The summed E-state index contributed by atoms with van der Waals surface area (Å²) >= 11 is 16.8. The van der Waals surface area contributed by atoms with Crippen LogP contribution in [0, 0.1) is 11.3 Å². The number of aromatic nitrogens is 8. The van der Waals surface area contributed by atoms with Gasteiger partial charge in [0, 0.05) is 121 Å². The Hall–Kier alpha value is -9.50. The van der Waals surface area contributed by atoms with Crippen molar-refractivity contribution >= 4 is 76.7 Å². The Morgan fingerprint density at radius 1 is 0.477 bits per heavy atom. The molecule has 0 unspecified atom stereocenters. The van der Waals surface area contributed by atoms with Crippen LogP contribution in [-0.2, 0) is 109 Å². The van der Waals surface area contributed by atoms with Crippen molar-refractivity contribution in [3.63, 3.8) is 0 Å². The van der Waals surface area contributed by atoms with Crippen LogP contribution < -0.4 is 17.0 Å². The van der Waals surface area contributed by atoms with Gasteiger partial charge >= 0.3 is 58.6 Å². The molecule has 705 valence electrons. The number of aliphatic hydroxyl groups is 1. The Labute approximate surface area is 774 Å². The fourth-order valence-electron chi connectivity index (χ4n) is 14.4. The number of hydrogen-bond acceptors (Lipinski definition) is 27. The number of benzene rings is 3. The number of carbonyl (C=O) groups is 6. The predicted molar refractivity (Wildman–Crippen MR) is 483 cm³/mol. The van der Waals surface area contributed by atoms with E-state index in [-0.39, 0.29) is 87.0 Å². The minimum absolute atomic E-state index is 0.112. The van der Waals surface area contributed by atoms with Crippen molar-refractivity contribution in [1.29, 1.82) is 5.26 Å². The van der Waals surface area contributed by atoms with Gasteiger partial charge in [0.15, 0.2) is 26.9 Å². The van der Waals surface area contributed by atoms with Gasteiger partial charge in [0.25, 0.3) is 0 Å². The number of nitriles is 1. The van der Waals surface area contributed by atoms with Gasteiger partial charge in [-0.15, -0.1) is 0 Å².